The quantitative estimate of drug-likeness (QED) is 0.730. The first kappa shape index (κ1) is 22.6. The fourth-order valence-corrected chi connectivity index (χ4v) is 1.22. The molecule has 0 aromatic carbocycles. The summed E-state index contributed by atoms with van der Waals surface area (Å²) in [7, 11) is 0. The summed E-state index contributed by atoms with van der Waals surface area (Å²) < 4.78 is 0. The molecule has 0 saturated carbocycles. The monoisotopic (exact) mass is 295 g/mol. The summed E-state index contributed by atoms with van der Waals surface area (Å²) in [4.78, 5) is 0. The summed E-state index contributed by atoms with van der Waals surface area (Å²) in [5.74, 6) is 0. The van der Waals surface area contributed by atoms with Crippen LogP contribution in [0, 0.1) is 0 Å². The SMILES string of the molecule is CCCCC(C)(C)O.CCCCC(C)(C)O.[Cu]. The van der Waals surface area contributed by atoms with Gasteiger partial charge in [0.2, 0.25) is 0 Å². The molecule has 0 aromatic heterocycles. The van der Waals surface area contributed by atoms with Gasteiger partial charge in [-0.1, -0.05) is 39.5 Å². The number of aliphatic hydroxyl groups is 2. The second-order valence-electron chi connectivity index (χ2n) is 5.83. The zero-order chi connectivity index (χ0) is 13.2. The van der Waals surface area contributed by atoms with Gasteiger partial charge in [-0.15, -0.1) is 0 Å². The number of unbranched alkanes of at least 4 members (excludes halogenated alkanes) is 2. The maximum Gasteiger partial charge on any atom is 0.0591 e. The average molecular weight is 296 g/mol. The third kappa shape index (κ3) is 31.5. The average Bonchev–Trinajstić information content (AvgIpc) is 2.10. The Balaban J connectivity index is -0.000000218. The predicted molar refractivity (Wildman–Crippen MR) is 71.6 cm³/mol. The van der Waals surface area contributed by atoms with E-state index in [2.05, 4.69) is 13.8 Å². The van der Waals surface area contributed by atoms with Gasteiger partial charge in [0, 0.05) is 17.1 Å². The van der Waals surface area contributed by atoms with Crippen LogP contribution in [0.4, 0.5) is 0 Å². The minimum atomic E-state index is -0.448. The molecule has 2 N–H and O–H groups in total. The van der Waals surface area contributed by atoms with Crippen molar-refractivity contribution in [3.05, 3.63) is 0 Å². The van der Waals surface area contributed by atoms with Gasteiger partial charge in [-0.05, 0) is 40.5 Å². The van der Waals surface area contributed by atoms with Gasteiger partial charge in [0.15, 0.2) is 0 Å². The predicted octanol–water partition coefficient (Wildman–Crippen LogP) is 3.89. The Kier molecular flexibility index (Phi) is 15.3. The zero-order valence-electron chi connectivity index (χ0n) is 12.4. The molecule has 0 aliphatic rings. The standard InChI is InChI=1S/2C7H16O.Cu/c2*1-4-5-6-7(2,3)8;/h2*8H,4-6H2,1-3H3;. The van der Waals surface area contributed by atoms with Gasteiger partial charge in [-0.25, -0.2) is 0 Å². The van der Waals surface area contributed by atoms with Gasteiger partial charge >= 0.3 is 0 Å². The van der Waals surface area contributed by atoms with E-state index >= 15 is 0 Å². The van der Waals surface area contributed by atoms with Crippen LogP contribution in [0.25, 0.3) is 0 Å². The van der Waals surface area contributed by atoms with Crippen LogP contribution in [0.15, 0.2) is 0 Å². The Morgan fingerprint density at radius 3 is 1.00 bits per heavy atom. The molecule has 2 nitrogen and oxygen atoms in total. The summed E-state index contributed by atoms with van der Waals surface area (Å²) in [5.41, 5.74) is -0.897. The van der Waals surface area contributed by atoms with Gasteiger partial charge in [-0.2, -0.15) is 0 Å². The summed E-state index contributed by atoms with van der Waals surface area (Å²) in [5, 5.41) is 18.3. The fourth-order valence-electron chi connectivity index (χ4n) is 1.22. The molecule has 0 rings (SSSR count). The molecule has 111 valence electrons. The Labute approximate surface area is 119 Å². The molecule has 0 atom stereocenters. The first-order valence-corrected chi connectivity index (χ1v) is 6.57. The van der Waals surface area contributed by atoms with E-state index in [1.807, 2.05) is 27.7 Å². The molecule has 0 spiro atoms. The van der Waals surface area contributed by atoms with Gasteiger partial charge in [-0.3, -0.25) is 0 Å². The summed E-state index contributed by atoms with van der Waals surface area (Å²) in [6, 6.07) is 0. The van der Waals surface area contributed by atoms with Crippen LogP contribution in [-0.2, 0) is 17.1 Å². The van der Waals surface area contributed by atoms with Crippen LogP contribution in [0.2, 0.25) is 0 Å². The van der Waals surface area contributed by atoms with Crippen LogP contribution in [0.1, 0.15) is 80.1 Å². The van der Waals surface area contributed by atoms with Crippen LogP contribution in [-0.4, -0.2) is 21.4 Å². The van der Waals surface area contributed by atoms with E-state index in [-0.39, 0.29) is 17.1 Å². The minimum absolute atomic E-state index is 0. The van der Waals surface area contributed by atoms with Crippen molar-refractivity contribution >= 4 is 0 Å². The zero-order valence-corrected chi connectivity index (χ0v) is 13.4. The van der Waals surface area contributed by atoms with Crippen LogP contribution in [0.3, 0.4) is 0 Å². The Morgan fingerprint density at radius 1 is 0.706 bits per heavy atom. The van der Waals surface area contributed by atoms with Gasteiger partial charge in [0.25, 0.3) is 0 Å². The van der Waals surface area contributed by atoms with Crippen molar-refractivity contribution in [2.75, 3.05) is 0 Å². The minimum Gasteiger partial charge on any atom is -0.390 e. The molecule has 0 amide bonds. The molecule has 0 fully saturated rings. The topological polar surface area (TPSA) is 40.5 Å². The van der Waals surface area contributed by atoms with Gasteiger partial charge in [0.1, 0.15) is 0 Å². The largest absolute Gasteiger partial charge is 0.390 e. The fraction of sp³-hybridized carbons (Fsp3) is 1.00. The van der Waals surface area contributed by atoms with Gasteiger partial charge < -0.3 is 10.2 Å². The summed E-state index contributed by atoms with van der Waals surface area (Å²) in [6.45, 7) is 11.7. The smallest absolute Gasteiger partial charge is 0.0591 e. The maximum atomic E-state index is 9.15. The van der Waals surface area contributed by atoms with Crippen molar-refractivity contribution in [1.82, 2.24) is 0 Å². The molecular formula is C14H32CuO2. The van der Waals surface area contributed by atoms with Crippen molar-refractivity contribution in [2.45, 2.75) is 91.3 Å². The third-order valence-electron chi connectivity index (χ3n) is 2.28. The van der Waals surface area contributed by atoms with Gasteiger partial charge in [0.05, 0.1) is 11.2 Å². The first-order valence-electron chi connectivity index (χ1n) is 6.57. The van der Waals surface area contributed by atoms with Crippen LogP contribution >= 0.6 is 0 Å². The summed E-state index contributed by atoms with van der Waals surface area (Å²) >= 11 is 0. The molecule has 0 bridgehead atoms. The van der Waals surface area contributed by atoms with E-state index in [9.17, 15) is 0 Å². The van der Waals surface area contributed by atoms with E-state index in [0.717, 1.165) is 25.7 Å². The number of rotatable bonds is 6. The van der Waals surface area contributed by atoms with E-state index in [4.69, 9.17) is 10.2 Å². The molecule has 0 aromatic rings. The molecule has 0 aliphatic heterocycles. The van der Waals surface area contributed by atoms with E-state index in [1.165, 1.54) is 12.8 Å². The van der Waals surface area contributed by atoms with Crippen molar-refractivity contribution < 1.29 is 27.3 Å². The molecule has 1 radical (unpaired) electrons. The second-order valence-corrected chi connectivity index (χ2v) is 5.83. The Morgan fingerprint density at radius 2 is 0.941 bits per heavy atom. The van der Waals surface area contributed by atoms with E-state index < -0.39 is 11.2 Å². The summed E-state index contributed by atoms with van der Waals surface area (Å²) in [6.07, 6.45) is 6.44. The first-order chi connectivity index (χ1) is 7.12. The molecule has 3 heteroatoms. The normalized spacial score (nSPS) is 11.3. The molecule has 0 saturated heterocycles. The Hall–Kier alpha value is 0.439. The Bertz CT molecular complexity index is 127. The van der Waals surface area contributed by atoms with Crippen molar-refractivity contribution in [1.29, 1.82) is 0 Å². The second kappa shape index (κ2) is 11.5. The van der Waals surface area contributed by atoms with Crippen molar-refractivity contribution in [3.8, 4) is 0 Å². The molecule has 0 heterocycles. The van der Waals surface area contributed by atoms with E-state index in [1.54, 1.807) is 0 Å². The van der Waals surface area contributed by atoms with E-state index in [0.29, 0.717) is 0 Å². The third-order valence-corrected chi connectivity index (χ3v) is 2.28. The van der Waals surface area contributed by atoms with Crippen LogP contribution in [0.5, 0.6) is 0 Å². The van der Waals surface area contributed by atoms with Crippen LogP contribution < -0.4 is 0 Å². The maximum absolute atomic E-state index is 9.15. The molecule has 0 aliphatic carbocycles. The molecule has 17 heavy (non-hydrogen) atoms. The molecule has 0 unspecified atom stereocenters. The van der Waals surface area contributed by atoms with Crippen molar-refractivity contribution in [2.24, 2.45) is 0 Å². The number of hydrogen-bond acceptors (Lipinski definition) is 2. The van der Waals surface area contributed by atoms with Crippen molar-refractivity contribution in [3.63, 3.8) is 0 Å². The molecular weight excluding hydrogens is 264 g/mol. The number of hydrogen-bond donors (Lipinski definition) is 2.